The molecule has 82 valence electrons. The van der Waals surface area contributed by atoms with Crippen LogP contribution >= 0.6 is 10.7 Å². The summed E-state index contributed by atoms with van der Waals surface area (Å²) in [5, 5.41) is 0. The molecule has 1 aliphatic rings. The number of carbonyl (C=O) groups excluding carboxylic acids is 1. The van der Waals surface area contributed by atoms with Crippen LogP contribution in [0.3, 0.4) is 0 Å². The zero-order valence-electron chi connectivity index (χ0n) is 7.77. The monoisotopic (exact) mass is 241 g/mol. The van der Waals surface area contributed by atoms with Crippen molar-refractivity contribution in [3.63, 3.8) is 0 Å². The maximum absolute atomic E-state index is 11.3. The lowest BCUT2D eigenvalue weighted by atomic mass is 10.2. The molecule has 1 saturated heterocycles. The van der Waals surface area contributed by atoms with E-state index in [-0.39, 0.29) is 13.2 Å². The van der Waals surface area contributed by atoms with Gasteiger partial charge >= 0.3 is 15.2 Å². The highest BCUT2D eigenvalue weighted by atomic mass is 35.7. The van der Waals surface area contributed by atoms with E-state index < -0.39 is 21.2 Å². The average Bonchev–Trinajstić information content (AvgIpc) is 2.50. The third-order valence-electron chi connectivity index (χ3n) is 2.04. The molecule has 7 heteroatoms. The predicted molar refractivity (Wildman–Crippen MR) is 51.1 cm³/mol. The lowest BCUT2D eigenvalue weighted by Gasteiger charge is -2.18. The highest BCUT2D eigenvalue weighted by Gasteiger charge is 2.38. The largest absolute Gasteiger partial charge is 0.465 e. The van der Waals surface area contributed by atoms with Gasteiger partial charge in [-0.1, -0.05) is 0 Å². The van der Waals surface area contributed by atoms with Gasteiger partial charge in [-0.25, -0.2) is 0 Å². The maximum atomic E-state index is 11.3. The van der Waals surface area contributed by atoms with Crippen LogP contribution in [0.4, 0.5) is 0 Å². The summed E-state index contributed by atoms with van der Waals surface area (Å²) in [4.78, 5) is 11.3. The standard InChI is InChI=1S/C7H12ClNO4S/c1-2-13-7(10)6-4-3-5-9(6)14(8,11)12/h6H,2-5H2,1H3/t6-/m0/s1. The molecule has 1 aliphatic heterocycles. The van der Waals surface area contributed by atoms with Crippen LogP contribution < -0.4 is 0 Å². The Labute approximate surface area is 87.5 Å². The van der Waals surface area contributed by atoms with Crippen LogP contribution in [0, 0.1) is 0 Å². The molecule has 0 N–H and O–H groups in total. The van der Waals surface area contributed by atoms with Crippen molar-refractivity contribution in [2.24, 2.45) is 0 Å². The van der Waals surface area contributed by atoms with Gasteiger partial charge in [-0.15, -0.1) is 0 Å². The van der Waals surface area contributed by atoms with Crippen molar-refractivity contribution in [3.05, 3.63) is 0 Å². The maximum Gasteiger partial charge on any atom is 0.324 e. The molecule has 0 aromatic carbocycles. The number of carbonyl (C=O) groups is 1. The van der Waals surface area contributed by atoms with E-state index >= 15 is 0 Å². The van der Waals surface area contributed by atoms with E-state index in [1.54, 1.807) is 6.92 Å². The summed E-state index contributed by atoms with van der Waals surface area (Å²) in [5.41, 5.74) is 0. The van der Waals surface area contributed by atoms with E-state index in [0.717, 1.165) is 4.31 Å². The first-order valence-electron chi connectivity index (χ1n) is 4.35. The number of rotatable bonds is 3. The van der Waals surface area contributed by atoms with Gasteiger partial charge < -0.3 is 4.74 Å². The van der Waals surface area contributed by atoms with E-state index in [1.165, 1.54) is 0 Å². The topological polar surface area (TPSA) is 63.7 Å². The Morgan fingerprint density at radius 2 is 2.29 bits per heavy atom. The minimum absolute atomic E-state index is 0.242. The summed E-state index contributed by atoms with van der Waals surface area (Å²) in [6, 6.07) is -0.738. The molecule has 1 rings (SSSR count). The van der Waals surface area contributed by atoms with Crippen LogP contribution in [0.2, 0.25) is 0 Å². The van der Waals surface area contributed by atoms with E-state index in [0.29, 0.717) is 12.8 Å². The van der Waals surface area contributed by atoms with Crippen LogP contribution in [0.15, 0.2) is 0 Å². The molecule has 0 amide bonds. The molecule has 1 heterocycles. The predicted octanol–water partition coefficient (Wildman–Crippen LogP) is 0.498. The SMILES string of the molecule is CCOC(=O)[C@@H]1CCCN1S(=O)(=O)Cl. The Hall–Kier alpha value is -0.330. The number of hydrogen-bond donors (Lipinski definition) is 0. The molecule has 0 unspecified atom stereocenters. The number of ether oxygens (including phenoxy) is 1. The molecular weight excluding hydrogens is 230 g/mol. The smallest absolute Gasteiger partial charge is 0.324 e. The van der Waals surface area contributed by atoms with Crippen LogP contribution in [0.25, 0.3) is 0 Å². The van der Waals surface area contributed by atoms with Crippen molar-refractivity contribution in [1.29, 1.82) is 0 Å². The minimum Gasteiger partial charge on any atom is -0.465 e. The van der Waals surface area contributed by atoms with E-state index in [2.05, 4.69) is 0 Å². The second kappa shape index (κ2) is 4.46. The van der Waals surface area contributed by atoms with Crippen LogP contribution in [-0.2, 0) is 18.8 Å². The minimum atomic E-state index is -3.81. The highest BCUT2D eigenvalue weighted by molar-refractivity contribution is 8.11. The van der Waals surface area contributed by atoms with Gasteiger partial charge in [0, 0.05) is 17.2 Å². The molecule has 0 aliphatic carbocycles. The number of halogens is 1. The van der Waals surface area contributed by atoms with Gasteiger partial charge in [0.2, 0.25) is 0 Å². The molecule has 0 radical (unpaired) electrons. The summed E-state index contributed by atoms with van der Waals surface area (Å²) < 4.78 is 27.8. The van der Waals surface area contributed by atoms with Crippen LogP contribution in [0.5, 0.6) is 0 Å². The molecule has 1 fully saturated rings. The fourth-order valence-electron chi connectivity index (χ4n) is 1.48. The first kappa shape index (κ1) is 11.7. The Morgan fingerprint density at radius 1 is 1.64 bits per heavy atom. The van der Waals surface area contributed by atoms with Crippen LogP contribution in [0.1, 0.15) is 19.8 Å². The van der Waals surface area contributed by atoms with E-state index in [1.807, 2.05) is 0 Å². The quantitative estimate of drug-likeness (QED) is 0.533. The van der Waals surface area contributed by atoms with Crippen molar-refractivity contribution in [1.82, 2.24) is 4.31 Å². The number of hydrogen-bond acceptors (Lipinski definition) is 4. The summed E-state index contributed by atoms with van der Waals surface area (Å²) in [5.74, 6) is -0.519. The molecule has 14 heavy (non-hydrogen) atoms. The fraction of sp³-hybridized carbons (Fsp3) is 0.857. The Morgan fingerprint density at radius 3 is 2.79 bits per heavy atom. The lowest BCUT2D eigenvalue weighted by molar-refractivity contribution is -0.146. The summed E-state index contributed by atoms with van der Waals surface area (Å²) in [6.07, 6.45) is 1.11. The van der Waals surface area contributed by atoms with Gasteiger partial charge in [-0.3, -0.25) is 4.79 Å². The number of nitrogens with zero attached hydrogens (tertiary/aromatic N) is 1. The second-order valence-electron chi connectivity index (χ2n) is 2.96. The molecule has 0 saturated carbocycles. The van der Waals surface area contributed by atoms with Gasteiger partial charge in [0.1, 0.15) is 6.04 Å². The zero-order chi connectivity index (χ0) is 10.8. The molecule has 1 atom stereocenters. The lowest BCUT2D eigenvalue weighted by Crippen LogP contribution is -2.39. The fourth-order valence-corrected chi connectivity index (χ4v) is 2.81. The highest BCUT2D eigenvalue weighted by Crippen LogP contribution is 2.23. The Kier molecular flexibility index (Phi) is 3.74. The van der Waals surface area contributed by atoms with Gasteiger partial charge in [0.05, 0.1) is 6.61 Å². The molecule has 0 spiro atoms. The van der Waals surface area contributed by atoms with Crippen molar-refractivity contribution in [3.8, 4) is 0 Å². The Balaban J connectivity index is 2.74. The first-order valence-corrected chi connectivity index (χ1v) is 6.61. The third-order valence-corrected chi connectivity index (χ3v) is 3.57. The molecular formula is C7H12ClNO4S. The Bertz CT molecular complexity index is 316. The van der Waals surface area contributed by atoms with Crippen molar-refractivity contribution in [2.75, 3.05) is 13.2 Å². The third kappa shape index (κ3) is 2.59. The zero-order valence-corrected chi connectivity index (χ0v) is 9.34. The van der Waals surface area contributed by atoms with Gasteiger partial charge in [-0.2, -0.15) is 12.7 Å². The summed E-state index contributed by atoms with van der Waals surface area (Å²) >= 11 is 0. The van der Waals surface area contributed by atoms with Gasteiger partial charge in [0.15, 0.2) is 0 Å². The van der Waals surface area contributed by atoms with E-state index in [4.69, 9.17) is 15.4 Å². The van der Waals surface area contributed by atoms with Crippen molar-refractivity contribution < 1.29 is 17.9 Å². The molecule has 0 aromatic rings. The average molecular weight is 242 g/mol. The van der Waals surface area contributed by atoms with Gasteiger partial charge in [0.25, 0.3) is 0 Å². The first-order chi connectivity index (χ1) is 6.46. The van der Waals surface area contributed by atoms with E-state index in [9.17, 15) is 13.2 Å². The van der Waals surface area contributed by atoms with Crippen molar-refractivity contribution >= 4 is 25.9 Å². The summed E-state index contributed by atoms with van der Waals surface area (Å²) in [6.45, 7) is 2.20. The number of esters is 1. The van der Waals surface area contributed by atoms with Crippen LogP contribution in [-0.4, -0.2) is 37.9 Å². The van der Waals surface area contributed by atoms with Crippen molar-refractivity contribution in [2.45, 2.75) is 25.8 Å². The normalized spacial score (nSPS) is 23.7. The molecule has 0 aromatic heterocycles. The molecule has 5 nitrogen and oxygen atoms in total. The second-order valence-corrected chi connectivity index (χ2v) is 5.43. The summed E-state index contributed by atoms with van der Waals surface area (Å²) in [7, 11) is 1.36. The van der Waals surface area contributed by atoms with Gasteiger partial charge in [-0.05, 0) is 19.8 Å². The molecule has 0 bridgehead atoms.